The van der Waals surface area contributed by atoms with E-state index < -0.39 is 5.69 Å². The predicted octanol–water partition coefficient (Wildman–Crippen LogP) is 0.475. The summed E-state index contributed by atoms with van der Waals surface area (Å²) in [4.78, 5) is 10.7. The van der Waals surface area contributed by atoms with E-state index in [4.69, 9.17) is 16.3 Å². The second kappa shape index (κ2) is 8.06. The molecule has 0 aromatic heterocycles. The number of hydrogen-bond donors (Lipinski definition) is 2. The van der Waals surface area contributed by atoms with E-state index in [1.807, 2.05) is 13.8 Å². The Morgan fingerprint density at radius 2 is 1.73 bits per heavy atom. The standard InChI is InChI=1S/C14H15O4PS2.Na/c1-9-3-5-11(15)13(7-9)18-19(17,20)21-14-8-10(2)4-6-12(14)16;/h3-8,15-16H,1-2H3,(H,17,20);/q;+1/p-1. The minimum atomic E-state index is -3.34. The van der Waals surface area contributed by atoms with E-state index in [1.54, 1.807) is 18.2 Å². The summed E-state index contributed by atoms with van der Waals surface area (Å²) in [5.41, 5.74) is -1.58. The number of phenols is 1. The largest absolute Gasteiger partial charge is 1.00 e. The third-order valence-corrected chi connectivity index (χ3v) is 6.22. The SMILES string of the molecule is Cc1ccc([O-])c(OP(O)(=S)Sc2cc(C)ccc2O)c1.[Na+]. The van der Waals surface area contributed by atoms with Crippen LogP contribution in [-0.4, -0.2) is 10.00 Å². The first-order chi connectivity index (χ1) is 9.77. The van der Waals surface area contributed by atoms with Crippen molar-refractivity contribution in [2.24, 2.45) is 0 Å². The van der Waals surface area contributed by atoms with Crippen LogP contribution in [0.1, 0.15) is 11.1 Å². The van der Waals surface area contributed by atoms with Crippen LogP contribution in [0.5, 0.6) is 17.2 Å². The molecule has 8 heteroatoms. The molecule has 22 heavy (non-hydrogen) atoms. The minimum absolute atomic E-state index is 0. The Balaban J connectivity index is 0.00000242. The van der Waals surface area contributed by atoms with Gasteiger partial charge >= 0.3 is 29.6 Å². The Morgan fingerprint density at radius 1 is 1.14 bits per heavy atom. The van der Waals surface area contributed by atoms with Gasteiger partial charge in [0.1, 0.15) is 11.5 Å². The van der Waals surface area contributed by atoms with Crippen LogP contribution in [0.15, 0.2) is 41.3 Å². The number of rotatable bonds is 4. The van der Waals surface area contributed by atoms with Crippen LogP contribution >= 0.6 is 17.1 Å². The van der Waals surface area contributed by atoms with Gasteiger partial charge in [0, 0.05) is 0 Å². The van der Waals surface area contributed by atoms with E-state index in [9.17, 15) is 15.1 Å². The molecule has 112 valence electrons. The molecule has 2 rings (SSSR count). The number of benzene rings is 2. The molecule has 0 aliphatic rings. The van der Waals surface area contributed by atoms with Crippen LogP contribution in [0.25, 0.3) is 0 Å². The quantitative estimate of drug-likeness (QED) is 0.607. The Kier molecular flexibility index (Phi) is 7.27. The van der Waals surface area contributed by atoms with Gasteiger partial charge in [0.25, 0.3) is 5.69 Å². The fourth-order valence-electron chi connectivity index (χ4n) is 1.65. The van der Waals surface area contributed by atoms with Crippen LogP contribution in [-0.2, 0) is 11.8 Å². The van der Waals surface area contributed by atoms with Crippen LogP contribution in [0.3, 0.4) is 0 Å². The Labute approximate surface area is 160 Å². The van der Waals surface area contributed by atoms with Gasteiger partial charge in [0.2, 0.25) is 0 Å². The molecule has 0 spiro atoms. The maximum Gasteiger partial charge on any atom is 1.00 e. The molecule has 0 heterocycles. The van der Waals surface area contributed by atoms with Crippen molar-refractivity contribution in [2.45, 2.75) is 18.7 Å². The molecule has 1 unspecified atom stereocenters. The van der Waals surface area contributed by atoms with Crippen molar-refractivity contribution < 1.29 is 49.2 Å². The van der Waals surface area contributed by atoms with Gasteiger partial charge in [-0.2, -0.15) is 0 Å². The number of hydrogen-bond acceptors (Lipinski definition) is 5. The molecule has 1 atom stereocenters. The van der Waals surface area contributed by atoms with Crippen molar-refractivity contribution >= 4 is 28.9 Å². The van der Waals surface area contributed by atoms with Gasteiger partial charge in [-0.25, -0.2) is 0 Å². The van der Waals surface area contributed by atoms with E-state index in [0.717, 1.165) is 22.5 Å². The maximum atomic E-state index is 11.7. The Hall–Kier alpha value is -0.200. The number of aryl methyl sites for hydroxylation is 2. The van der Waals surface area contributed by atoms with E-state index in [1.165, 1.54) is 18.2 Å². The first-order valence-electron chi connectivity index (χ1n) is 6.06. The molecule has 0 saturated heterocycles. The van der Waals surface area contributed by atoms with Crippen molar-refractivity contribution in [3.63, 3.8) is 0 Å². The van der Waals surface area contributed by atoms with Crippen LogP contribution < -0.4 is 39.2 Å². The Bertz CT molecular complexity index is 666. The summed E-state index contributed by atoms with van der Waals surface area (Å²) in [6.07, 6.45) is 0. The molecule has 4 nitrogen and oxygen atoms in total. The molecule has 0 fully saturated rings. The molecule has 2 N–H and O–H groups in total. The normalized spacial score (nSPS) is 13.0. The average molecular weight is 364 g/mol. The molecule has 0 bridgehead atoms. The second-order valence-electron chi connectivity index (χ2n) is 4.57. The molecule has 0 saturated carbocycles. The summed E-state index contributed by atoms with van der Waals surface area (Å²) < 4.78 is 5.33. The monoisotopic (exact) mass is 364 g/mol. The zero-order chi connectivity index (χ0) is 15.6. The van der Waals surface area contributed by atoms with Gasteiger partial charge in [0.15, 0.2) is 0 Å². The third kappa shape index (κ3) is 5.46. The van der Waals surface area contributed by atoms with Crippen molar-refractivity contribution in [1.82, 2.24) is 0 Å². The van der Waals surface area contributed by atoms with Gasteiger partial charge in [-0.1, -0.05) is 23.9 Å². The van der Waals surface area contributed by atoms with Crippen LogP contribution in [0.2, 0.25) is 0 Å². The van der Waals surface area contributed by atoms with Gasteiger partial charge in [-0.05, 0) is 66.4 Å². The summed E-state index contributed by atoms with van der Waals surface area (Å²) in [6.45, 7) is 3.67. The second-order valence-corrected chi connectivity index (χ2v) is 10.5. The zero-order valence-corrected chi connectivity index (χ0v) is 17.0. The van der Waals surface area contributed by atoms with Crippen LogP contribution in [0.4, 0.5) is 0 Å². The summed E-state index contributed by atoms with van der Waals surface area (Å²) in [5.74, 6) is -0.289. The average Bonchev–Trinajstić information content (AvgIpc) is 2.37. The van der Waals surface area contributed by atoms with Gasteiger partial charge in [-0.15, -0.1) is 0 Å². The molecule has 0 amide bonds. The molecular weight excluding hydrogens is 350 g/mol. The molecule has 2 aromatic rings. The molecule has 0 aliphatic heterocycles. The predicted molar refractivity (Wildman–Crippen MR) is 86.5 cm³/mol. The zero-order valence-electron chi connectivity index (χ0n) is 12.4. The molecule has 0 aliphatic carbocycles. The minimum Gasteiger partial charge on any atom is -0.870 e. The van der Waals surface area contributed by atoms with E-state index in [0.29, 0.717) is 4.90 Å². The van der Waals surface area contributed by atoms with Gasteiger partial charge < -0.3 is 19.6 Å². The summed E-state index contributed by atoms with van der Waals surface area (Å²) in [5, 5.41) is 21.5. The van der Waals surface area contributed by atoms with Crippen molar-refractivity contribution in [3.05, 3.63) is 47.5 Å². The third-order valence-electron chi connectivity index (χ3n) is 2.64. The maximum absolute atomic E-state index is 11.7. The first-order valence-corrected chi connectivity index (χ1v) is 10.2. The fraction of sp³-hybridized carbons (Fsp3) is 0.143. The first kappa shape index (κ1) is 19.8. The topological polar surface area (TPSA) is 72.8 Å². The Morgan fingerprint density at radius 3 is 2.41 bits per heavy atom. The van der Waals surface area contributed by atoms with E-state index in [2.05, 4.69) is 0 Å². The smallest absolute Gasteiger partial charge is 0.870 e. The fourth-order valence-corrected chi connectivity index (χ4v) is 5.23. The molecule has 0 radical (unpaired) electrons. The molecular formula is C14H14NaO4PS2. The van der Waals surface area contributed by atoms with Crippen molar-refractivity contribution in [3.8, 4) is 17.2 Å². The summed E-state index contributed by atoms with van der Waals surface area (Å²) in [6, 6.07) is 9.55. The van der Waals surface area contributed by atoms with Gasteiger partial charge in [-0.3, -0.25) is 0 Å². The van der Waals surface area contributed by atoms with Crippen molar-refractivity contribution in [1.29, 1.82) is 0 Å². The summed E-state index contributed by atoms with van der Waals surface area (Å²) in [7, 11) is 0. The van der Waals surface area contributed by atoms with Gasteiger partial charge in [0.05, 0.1) is 4.90 Å². The van der Waals surface area contributed by atoms with Crippen molar-refractivity contribution in [2.75, 3.05) is 0 Å². The van der Waals surface area contributed by atoms with Crippen LogP contribution in [0, 0.1) is 13.8 Å². The number of aromatic hydroxyl groups is 1. The number of phenolic OH excluding ortho intramolecular Hbond substituents is 1. The molecule has 2 aromatic carbocycles. The van der Waals surface area contributed by atoms with E-state index >= 15 is 0 Å². The summed E-state index contributed by atoms with van der Waals surface area (Å²) >= 11 is 5.94. The van der Waals surface area contributed by atoms with E-state index in [-0.39, 0.29) is 46.8 Å².